The summed E-state index contributed by atoms with van der Waals surface area (Å²) in [5, 5.41) is 3.22. The molecule has 0 bridgehead atoms. The van der Waals surface area contributed by atoms with E-state index in [-0.39, 0.29) is 19.7 Å². The first kappa shape index (κ1) is 14.5. The average molecular weight is 251 g/mol. The largest absolute Gasteiger partial charge is 0.449 e. The Morgan fingerprint density at radius 2 is 2.25 bits per heavy atom. The molecule has 0 fully saturated rings. The van der Waals surface area contributed by atoms with Crippen molar-refractivity contribution in [3.8, 4) is 0 Å². The van der Waals surface area contributed by atoms with E-state index in [4.69, 9.17) is 5.53 Å². The minimum absolute atomic E-state index is 0.0633. The Hall–Kier alpha value is -1.51. The van der Waals surface area contributed by atoms with E-state index in [2.05, 4.69) is 19.5 Å². The summed E-state index contributed by atoms with van der Waals surface area (Å²) in [5.74, 6) is 0. The maximum Gasteiger partial charge on any atom is 0.421 e. The number of nitrogens with one attached hydrogen (secondary N) is 2. The minimum Gasteiger partial charge on any atom is -0.449 e. The fourth-order valence-electron chi connectivity index (χ4n) is 0.707. The van der Waals surface area contributed by atoms with Crippen LogP contribution in [0.3, 0.4) is 0 Å². The van der Waals surface area contributed by atoms with Gasteiger partial charge >= 0.3 is 16.3 Å². The lowest BCUT2D eigenvalue weighted by atomic mass is 10.4. The van der Waals surface area contributed by atoms with E-state index in [1.54, 1.807) is 11.6 Å². The number of carbonyl (C=O) groups excluding carboxylic acids is 1. The van der Waals surface area contributed by atoms with Crippen LogP contribution in [0.2, 0.25) is 0 Å². The van der Waals surface area contributed by atoms with Crippen molar-refractivity contribution in [3.05, 3.63) is 10.4 Å². The maximum absolute atomic E-state index is 11.1. The highest BCUT2D eigenvalue weighted by atomic mass is 32.2. The first-order valence-electron chi connectivity index (χ1n) is 4.47. The molecule has 0 unspecified atom stereocenters. The number of amides is 1. The third-order valence-corrected chi connectivity index (χ3v) is 2.30. The van der Waals surface area contributed by atoms with Gasteiger partial charge in [0.05, 0.1) is 6.61 Å². The van der Waals surface area contributed by atoms with Crippen LogP contribution in [0.5, 0.6) is 0 Å². The summed E-state index contributed by atoms with van der Waals surface area (Å²) in [4.78, 5) is 13.3. The van der Waals surface area contributed by atoms with Crippen molar-refractivity contribution in [2.45, 2.75) is 13.3 Å². The van der Waals surface area contributed by atoms with E-state index < -0.39 is 16.3 Å². The number of azide groups is 1. The van der Waals surface area contributed by atoms with Crippen LogP contribution in [0.15, 0.2) is 5.11 Å². The lowest BCUT2D eigenvalue weighted by Gasteiger charge is -2.07. The molecular formula is C6H13N5O4S. The molecular weight excluding hydrogens is 238 g/mol. The SMILES string of the molecule is CCOC(=O)NS(=O)(=O)NCCCN=[N+]=[N-]. The van der Waals surface area contributed by atoms with Crippen LogP contribution in [0.1, 0.15) is 13.3 Å². The molecule has 0 rings (SSSR count). The van der Waals surface area contributed by atoms with Crippen molar-refractivity contribution in [2.24, 2.45) is 5.11 Å². The van der Waals surface area contributed by atoms with Crippen molar-refractivity contribution in [2.75, 3.05) is 19.7 Å². The second kappa shape index (κ2) is 7.74. The quantitative estimate of drug-likeness (QED) is 0.290. The summed E-state index contributed by atoms with van der Waals surface area (Å²) in [6.07, 6.45) is -0.696. The van der Waals surface area contributed by atoms with Gasteiger partial charge in [0.2, 0.25) is 0 Å². The minimum atomic E-state index is -3.90. The molecule has 0 aromatic carbocycles. The van der Waals surface area contributed by atoms with Gasteiger partial charge in [-0.2, -0.15) is 13.1 Å². The zero-order valence-corrected chi connectivity index (χ0v) is 9.53. The van der Waals surface area contributed by atoms with E-state index in [0.717, 1.165) is 0 Å². The molecule has 0 saturated carbocycles. The highest BCUT2D eigenvalue weighted by Crippen LogP contribution is 1.85. The number of rotatable bonds is 7. The molecule has 10 heteroatoms. The molecule has 92 valence electrons. The van der Waals surface area contributed by atoms with Crippen LogP contribution in [-0.4, -0.2) is 34.2 Å². The molecule has 0 aromatic heterocycles. The molecule has 0 spiro atoms. The van der Waals surface area contributed by atoms with Crippen molar-refractivity contribution < 1.29 is 17.9 Å². The Labute approximate surface area is 93.0 Å². The molecule has 0 aliphatic heterocycles. The Morgan fingerprint density at radius 1 is 1.56 bits per heavy atom. The highest BCUT2D eigenvalue weighted by molar-refractivity contribution is 7.88. The molecule has 16 heavy (non-hydrogen) atoms. The molecule has 0 radical (unpaired) electrons. The third-order valence-electron chi connectivity index (χ3n) is 1.28. The normalized spacial score (nSPS) is 10.3. The van der Waals surface area contributed by atoms with Crippen LogP contribution in [0.25, 0.3) is 10.4 Å². The smallest absolute Gasteiger partial charge is 0.421 e. The molecule has 2 N–H and O–H groups in total. The highest BCUT2D eigenvalue weighted by Gasteiger charge is 2.13. The monoisotopic (exact) mass is 251 g/mol. The molecule has 1 amide bonds. The topological polar surface area (TPSA) is 133 Å². The van der Waals surface area contributed by atoms with Crippen molar-refractivity contribution in [1.82, 2.24) is 9.44 Å². The van der Waals surface area contributed by atoms with Gasteiger partial charge in [0.25, 0.3) is 0 Å². The van der Waals surface area contributed by atoms with Crippen molar-refractivity contribution >= 4 is 16.3 Å². The van der Waals surface area contributed by atoms with Gasteiger partial charge < -0.3 is 4.74 Å². The maximum atomic E-state index is 11.1. The van der Waals surface area contributed by atoms with E-state index in [0.29, 0.717) is 6.42 Å². The number of hydrogen-bond donors (Lipinski definition) is 2. The summed E-state index contributed by atoms with van der Waals surface area (Å²) in [7, 11) is -3.90. The molecule has 9 nitrogen and oxygen atoms in total. The van der Waals surface area contributed by atoms with Crippen LogP contribution in [-0.2, 0) is 14.9 Å². The fourth-order valence-corrected chi connectivity index (χ4v) is 1.47. The van der Waals surface area contributed by atoms with Gasteiger partial charge in [0.1, 0.15) is 0 Å². The molecule has 0 aliphatic carbocycles. The summed E-state index contributed by atoms with van der Waals surface area (Å²) < 4.78 is 30.4. The summed E-state index contributed by atoms with van der Waals surface area (Å²) >= 11 is 0. The molecule has 0 aromatic rings. The summed E-state index contributed by atoms with van der Waals surface area (Å²) in [6.45, 7) is 1.88. The fraction of sp³-hybridized carbons (Fsp3) is 0.833. The van der Waals surface area contributed by atoms with E-state index in [1.807, 2.05) is 0 Å². The third kappa shape index (κ3) is 7.85. The van der Waals surface area contributed by atoms with Gasteiger partial charge in [-0.1, -0.05) is 5.11 Å². The molecule has 0 saturated heterocycles. The van der Waals surface area contributed by atoms with E-state index >= 15 is 0 Å². The first-order chi connectivity index (χ1) is 7.52. The average Bonchev–Trinajstić information content (AvgIpc) is 2.16. The zero-order valence-electron chi connectivity index (χ0n) is 8.71. The van der Waals surface area contributed by atoms with Crippen LogP contribution in [0.4, 0.5) is 4.79 Å². The standard InChI is InChI=1S/C6H13N5O4S/c1-2-15-6(12)10-16(13,14)9-5-3-4-8-11-7/h9H,2-5H2,1H3,(H,10,12). The first-order valence-corrected chi connectivity index (χ1v) is 5.95. The molecule has 0 atom stereocenters. The number of ether oxygens (including phenoxy) is 1. The predicted molar refractivity (Wildman–Crippen MR) is 55.7 cm³/mol. The number of nitrogens with zero attached hydrogens (tertiary/aromatic N) is 3. The van der Waals surface area contributed by atoms with Crippen LogP contribution < -0.4 is 9.44 Å². The lowest BCUT2D eigenvalue weighted by Crippen LogP contribution is -2.41. The van der Waals surface area contributed by atoms with Gasteiger partial charge in [0.15, 0.2) is 0 Å². The van der Waals surface area contributed by atoms with Gasteiger partial charge in [-0.05, 0) is 18.9 Å². The molecule has 0 heterocycles. The van der Waals surface area contributed by atoms with E-state index in [9.17, 15) is 13.2 Å². The Balaban J connectivity index is 3.87. The second-order valence-corrected chi connectivity index (χ2v) is 4.03. The van der Waals surface area contributed by atoms with Crippen LogP contribution in [0, 0.1) is 0 Å². The predicted octanol–water partition coefficient (Wildman–Crippen LogP) is 0.267. The van der Waals surface area contributed by atoms with Crippen molar-refractivity contribution in [1.29, 1.82) is 0 Å². The number of carbonyl (C=O) groups is 1. The van der Waals surface area contributed by atoms with Crippen LogP contribution >= 0.6 is 0 Å². The summed E-state index contributed by atoms with van der Waals surface area (Å²) in [5.41, 5.74) is 7.95. The molecule has 0 aliphatic rings. The van der Waals surface area contributed by atoms with Gasteiger partial charge in [-0.25, -0.2) is 9.52 Å². The Morgan fingerprint density at radius 3 is 2.81 bits per heavy atom. The lowest BCUT2D eigenvalue weighted by molar-refractivity contribution is 0.158. The van der Waals surface area contributed by atoms with Gasteiger partial charge in [-0.15, -0.1) is 0 Å². The van der Waals surface area contributed by atoms with E-state index in [1.165, 1.54) is 0 Å². The van der Waals surface area contributed by atoms with Crippen molar-refractivity contribution in [3.63, 3.8) is 0 Å². The number of hydrogen-bond acceptors (Lipinski definition) is 5. The Kier molecular flexibility index (Phi) is 7.01. The Bertz CT molecular complexity index is 361. The van der Waals surface area contributed by atoms with Gasteiger partial charge in [-0.3, -0.25) is 0 Å². The zero-order chi connectivity index (χ0) is 12.4. The summed E-state index contributed by atoms with van der Waals surface area (Å²) in [6, 6.07) is 0. The second-order valence-electron chi connectivity index (χ2n) is 2.53. The van der Waals surface area contributed by atoms with Gasteiger partial charge in [0, 0.05) is 18.0 Å².